The third-order valence-electron chi connectivity index (χ3n) is 7.58. The van der Waals surface area contributed by atoms with E-state index >= 15 is 0 Å². The quantitative estimate of drug-likeness (QED) is 0.174. The lowest BCUT2D eigenvalue weighted by Crippen LogP contribution is -2.56. The Hall–Kier alpha value is -4.54. The lowest BCUT2D eigenvalue weighted by Gasteiger charge is -2.35. The zero-order valence-corrected chi connectivity index (χ0v) is 29.6. The van der Waals surface area contributed by atoms with Gasteiger partial charge in [0.25, 0.3) is 10.0 Å². The van der Waals surface area contributed by atoms with E-state index in [2.05, 4.69) is 5.32 Å². The van der Waals surface area contributed by atoms with Crippen molar-refractivity contribution in [2.24, 2.45) is 0 Å². The first-order chi connectivity index (χ1) is 22.7. The van der Waals surface area contributed by atoms with Gasteiger partial charge in [-0.1, -0.05) is 71.8 Å². The topological polar surface area (TPSA) is 105 Å². The number of nitrogens with zero attached hydrogens (tertiary/aromatic N) is 2. The molecule has 0 aliphatic carbocycles. The molecule has 0 saturated heterocycles. The number of aryl methyl sites for hydroxylation is 1. The van der Waals surface area contributed by atoms with Gasteiger partial charge in [0.05, 0.1) is 24.8 Å². The SMILES string of the molecule is COc1ccc(S(=O)(=O)N(CC(=O)N(Cc2ccc(C)cc2)C(Cc2ccccc2)C(=O)NC(C)(C)C)c2ccc(Cl)cc2)cc1OC. The number of sulfonamides is 1. The molecule has 0 aliphatic heterocycles. The van der Waals surface area contributed by atoms with Gasteiger partial charge in [-0.2, -0.15) is 0 Å². The Kier molecular flexibility index (Phi) is 11.8. The van der Waals surface area contributed by atoms with Crippen LogP contribution in [0.4, 0.5) is 5.69 Å². The highest BCUT2D eigenvalue weighted by Crippen LogP contribution is 2.33. The molecule has 254 valence electrons. The second kappa shape index (κ2) is 15.6. The number of amides is 2. The zero-order chi connectivity index (χ0) is 35.1. The van der Waals surface area contributed by atoms with Crippen LogP contribution < -0.4 is 19.1 Å². The molecule has 0 spiro atoms. The summed E-state index contributed by atoms with van der Waals surface area (Å²) in [6.45, 7) is 7.04. The number of halogens is 1. The van der Waals surface area contributed by atoms with Crippen molar-refractivity contribution in [1.82, 2.24) is 10.2 Å². The smallest absolute Gasteiger partial charge is 0.264 e. The fourth-order valence-electron chi connectivity index (χ4n) is 5.14. The Morgan fingerprint density at radius 2 is 1.46 bits per heavy atom. The molecule has 0 aromatic heterocycles. The van der Waals surface area contributed by atoms with Gasteiger partial charge in [0, 0.05) is 29.6 Å². The van der Waals surface area contributed by atoms with E-state index < -0.39 is 34.1 Å². The van der Waals surface area contributed by atoms with E-state index in [0.717, 1.165) is 21.0 Å². The molecular weight excluding hydrogens is 650 g/mol. The summed E-state index contributed by atoms with van der Waals surface area (Å²) in [7, 11) is -1.50. The van der Waals surface area contributed by atoms with Gasteiger partial charge in [0.2, 0.25) is 11.8 Å². The summed E-state index contributed by atoms with van der Waals surface area (Å²) in [6, 6.07) is 26.5. The average molecular weight is 692 g/mol. The minimum Gasteiger partial charge on any atom is -0.493 e. The molecule has 0 radical (unpaired) electrons. The number of anilines is 1. The molecule has 4 aromatic rings. The number of methoxy groups -OCH3 is 2. The van der Waals surface area contributed by atoms with Crippen LogP contribution in [-0.4, -0.2) is 57.5 Å². The standard InChI is InChI=1S/C37H42ClN3O6S/c1-26-12-14-28(15-13-26)24-40(32(36(43)39-37(2,3)4)22-27-10-8-7-9-11-27)35(42)25-41(30-18-16-29(38)17-19-30)48(44,45)31-20-21-33(46-5)34(23-31)47-6/h7-21,23,32H,22,24-25H2,1-6H3,(H,39,43). The maximum absolute atomic E-state index is 14.6. The van der Waals surface area contributed by atoms with E-state index in [0.29, 0.717) is 10.8 Å². The molecule has 4 rings (SSSR count). The monoisotopic (exact) mass is 691 g/mol. The van der Waals surface area contributed by atoms with Gasteiger partial charge < -0.3 is 19.7 Å². The normalized spacial score (nSPS) is 12.1. The van der Waals surface area contributed by atoms with Crippen LogP contribution in [0.3, 0.4) is 0 Å². The number of carbonyl (C=O) groups excluding carboxylic acids is 2. The molecule has 0 fully saturated rings. The van der Waals surface area contributed by atoms with Crippen molar-refractivity contribution in [2.75, 3.05) is 25.1 Å². The highest BCUT2D eigenvalue weighted by molar-refractivity contribution is 7.92. The van der Waals surface area contributed by atoms with Crippen LogP contribution >= 0.6 is 11.6 Å². The molecule has 0 saturated carbocycles. The lowest BCUT2D eigenvalue weighted by atomic mass is 10.0. The molecule has 48 heavy (non-hydrogen) atoms. The highest BCUT2D eigenvalue weighted by Gasteiger charge is 2.36. The van der Waals surface area contributed by atoms with Gasteiger partial charge in [0.15, 0.2) is 11.5 Å². The second-order valence-electron chi connectivity index (χ2n) is 12.5. The molecule has 1 N–H and O–H groups in total. The Bertz CT molecular complexity index is 1810. The molecule has 1 atom stereocenters. The van der Waals surface area contributed by atoms with Crippen molar-refractivity contribution >= 4 is 39.1 Å². The molecule has 11 heteroatoms. The summed E-state index contributed by atoms with van der Waals surface area (Å²) in [6.07, 6.45) is 0.212. The van der Waals surface area contributed by atoms with E-state index in [9.17, 15) is 18.0 Å². The van der Waals surface area contributed by atoms with Crippen LogP contribution in [0.15, 0.2) is 102 Å². The fourth-order valence-corrected chi connectivity index (χ4v) is 6.69. The maximum atomic E-state index is 14.6. The average Bonchev–Trinajstić information content (AvgIpc) is 3.05. The van der Waals surface area contributed by atoms with Gasteiger partial charge in [-0.3, -0.25) is 13.9 Å². The van der Waals surface area contributed by atoms with Gasteiger partial charge in [-0.15, -0.1) is 0 Å². The predicted molar refractivity (Wildman–Crippen MR) is 189 cm³/mol. The molecule has 0 aliphatic rings. The minimum atomic E-state index is -4.36. The van der Waals surface area contributed by atoms with Crippen molar-refractivity contribution < 1.29 is 27.5 Å². The predicted octanol–water partition coefficient (Wildman–Crippen LogP) is 6.42. The molecular formula is C37H42ClN3O6S. The highest BCUT2D eigenvalue weighted by atomic mass is 35.5. The summed E-state index contributed by atoms with van der Waals surface area (Å²) in [5.41, 5.74) is 2.31. The van der Waals surface area contributed by atoms with Crippen LogP contribution in [0, 0.1) is 6.92 Å². The van der Waals surface area contributed by atoms with Crippen molar-refractivity contribution in [1.29, 1.82) is 0 Å². The molecule has 4 aromatic carbocycles. The van der Waals surface area contributed by atoms with Crippen LogP contribution in [0.2, 0.25) is 5.02 Å². The summed E-state index contributed by atoms with van der Waals surface area (Å²) >= 11 is 6.17. The summed E-state index contributed by atoms with van der Waals surface area (Å²) < 4.78 is 40.4. The Morgan fingerprint density at radius 3 is 2.04 bits per heavy atom. The largest absolute Gasteiger partial charge is 0.493 e. The van der Waals surface area contributed by atoms with Crippen molar-refractivity contribution in [3.05, 3.63) is 119 Å². The van der Waals surface area contributed by atoms with Gasteiger partial charge >= 0.3 is 0 Å². The number of nitrogens with one attached hydrogen (secondary N) is 1. The van der Waals surface area contributed by atoms with Crippen molar-refractivity contribution in [3.8, 4) is 11.5 Å². The number of hydrogen-bond acceptors (Lipinski definition) is 6. The van der Waals surface area contributed by atoms with E-state index in [1.54, 1.807) is 12.1 Å². The number of benzene rings is 4. The Balaban J connectivity index is 1.83. The number of ether oxygens (including phenoxy) is 2. The third kappa shape index (κ3) is 9.29. The maximum Gasteiger partial charge on any atom is 0.264 e. The lowest BCUT2D eigenvalue weighted by molar-refractivity contribution is -0.140. The molecule has 9 nitrogen and oxygen atoms in total. The summed E-state index contributed by atoms with van der Waals surface area (Å²) in [5.74, 6) is -0.362. The molecule has 1 unspecified atom stereocenters. The summed E-state index contributed by atoms with van der Waals surface area (Å²) in [4.78, 5) is 30.0. The molecule has 0 heterocycles. The minimum absolute atomic E-state index is 0.0685. The number of rotatable bonds is 13. The van der Waals surface area contributed by atoms with Crippen LogP contribution in [0.5, 0.6) is 11.5 Å². The van der Waals surface area contributed by atoms with Crippen LogP contribution in [0.25, 0.3) is 0 Å². The van der Waals surface area contributed by atoms with Gasteiger partial charge in [-0.25, -0.2) is 8.42 Å². The van der Waals surface area contributed by atoms with Crippen LogP contribution in [0.1, 0.15) is 37.5 Å². The fraction of sp³-hybridized carbons (Fsp3) is 0.297. The van der Waals surface area contributed by atoms with Gasteiger partial charge in [0.1, 0.15) is 12.6 Å². The number of carbonyl (C=O) groups is 2. The van der Waals surface area contributed by atoms with E-state index in [4.69, 9.17) is 21.1 Å². The number of hydrogen-bond donors (Lipinski definition) is 1. The van der Waals surface area contributed by atoms with E-state index in [-0.39, 0.29) is 35.2 Å². The van der Waals surface area contributed by atoms with Crippen molar-refractivity contribution in [3.63, 3.8) is 0 Å². The van der Waals surface area contributed by atoms with E-state index in [1.807, 2.05) is 82.3 Å². The summed E-state index contributed by atoms with van der Waals surface area (Å²) in [5, 5.41) is 3.43. The van der Waals surface area contributed by atoms with Gasteiger partial charge in [-0.05, 0) is 75.2 Å². The first kappa shape index (κ1) is 36.3. The molecule has 2 amide bonds. The second-order valence-corrected chi connectivity index (χ2v) is 14.8. The first-order valence-electron chi connectivity index (χ1n) is 15.4. The van der Waals surface area contributed by atoms with Crippen LogP contribution in [-0.2, 0) is 32.6 Å². The third-order valence-corrected chi connectivity index (χ3v) is 9.60. The Labute approximate surface area is 288 Å². The first-order valence-corrected chi connectivity index (χ1v) is 17.2. The Morgan fingerprint density at radius 1 is 0.833 bits per heavy atom. The zero-order valence-electron chi connectivity index (χ0n) is 28.1. The van der Waals surface area contributed by atoms with Crippen molar-refractivity contribution in [2.45, 2.75) is 57.1 Å². The molecule has 0 bridgehead atoms. The van der Waals surface area contributed by atoms with E-state index in [1.165, 1.54) is 49.5 Å².